The number of Topliss-reactive ketones (excluding diaryl/α,β-unsaturated/α-hetero) is 1. The van der Waals surface area contributed by atoms with Gasteiger partial charge in [0.1, 0.15) is 0 Å². The first-order valence-electron chi connectivity index (χ1n) is 6.68. The summed E-state index contributed by atoms with van der Waals surface area (Å²) >= 11 is 0. The molecule has 0 saturated heterocycles. The molecule has 1 aromatic carbocycles. The standard InChI is InChI=1S/C17H13NO2/c1-17-9-5-4-8-12(17)14-13(15(17)19)10-6-2-3-7-11(10)16(20)18-14/h2-9,12H,1H3,(H,18,20). The maximum atomic E-state index is 12.9. The van der Waals surface area contributed by atoms with Crippen LogP contribution in [0, 0.1) is 5.41 Å². The molecule has 1 aromatic heterocycles. The summed E-state index contributed by atoms with van der Waals surface area (Å²) in [5.74, 6) is 0.0119. The largest absolute Gasteiger partial charge is 0.324 e. The molecule has 0 aliphatic heterocycles. The van der Waals surface area contributed by atoms with E-state index in [-0.39, 0.29) is 17.3 Å². The summed E-state index contributed by atoms with van der Waals surface area (Å²) in [6.45, 7) is 1.94. The van der Waals surface area contributed by atoms with E-state index < -0.39 is 5.41 Å². The van der Waals surface area contributed by atoms with Crippen molar-refractivity contribution >= 4 is 16.6 Å². The second kappa shape index (κ2) is 3.57. The Bertz CT molecular complexity index is 872. The normalized spacial score (nSPS) is 26.9. The van der Waals surface area contributed by atoms with Crippen molar-refractivity contribution in [2.24, 2.45) is 5.41 Å². The van der Waals surface area contributed by atoms with E-state index in [4.69, 9.17) is 0 Å². The van der Waals surface area contributed by atoms with Crippen LogP contribution in [0.3, 0.4) is 0 Å². The van der Waals surface area contributed by atoms with Gasteiger partial charge in [-0.3, -0.25) is 9.59 Å². The Hall–Kier alpha value is -2.42. The predicted octanol–water partition coefficient (Wildman–Crippen LogP) is 2.94. The zero-order valence-corrected chi connectivity index (χ0v) is 11.0. The van der Waals surface area contributed by atoms with Gasteiger partial charge in [-0.2, -0.15) is 0 Å². The Morgan fingerprint density at radius 3 is 2.65 bits per heavy atom. The molecular formula is C17H13NO2. The number of H-pyrrole nitrogens is 1. The molecule has 0 spiro atoms. The second-order valence-electron chi connectivity index (χ2n) is 5.62. The third-order valence-electron chi connectivity index (χ3n) is 4.49. The van der Waals surface area contributed by atoms with Gasteiger partial charge in [-0.25, -0.2) is 0 Å². The zero-order valence-electron chi connectivity index (χ0n) is 11.0. The maximum absolute atomic E-state index is 12.9. The van der Waals surface area contributed by atoms with Gasteiger partial charge in [0.15, 0.2) is 5.78 Å². The fourth-order valence-corrected chi connectivity index (χ4v) is 3.39. The Morgan fingerprint density at radius 1 is 1.10 bits per heavy atom. The molecule has 2 atom stereocenters. The molecule has 1 heterocycles. The molecule has 2 aromatic rings. The quantitative estimate of drug-likeness (QED) is 0.794. The first-order chi connectivity index (χ1) is 9.63. The summed E-state index contributed by atoms with van der Waals surface area (Å²) in [5, 5.41) is 1.34. The third-order valence-corrected chi connectivity index (χ3v) is 4.49. The fraction of sp³-hybridized carbons (Fsp3) is 0.176. The van der Waals surface area contributed by atoms with Crippen molar-refractivity contribution in [2.75, 3.05) is 0 Å². The molecule has 0 fully saturated rings. The number of nitrogens with one attached hydrogen (secondary N) is 1. The van der Waals surface area contributed by atoms with Gasteiger partial charge in [0.2, 0.25) is 0 Å². The van der Waals surface area contributed by atoms with Gasteiger partial charge in [-0.15, -0.1) is 0 Å². The lowest BCUT2D eigenvalue weighted by Crippen LogP contribution is -2.26. The molecule has 20 heavy (non-hydrogen) atoms. The van der Waals surface area contributed by atoms with Gasteiger partial charge in [0.05, 0.1) is 5.41 Å². The highest BCUT2D eigenvalue weighted by Gasteiger charge is 2.49. The number of hydrogen-bond donors (Lipinski definition) is 1. The highest BCUT2D eigenvalue weighted by molar-refractivity contribution is 6.15. The summed E-state index contributed by atoms with van der Waals surface area (Å²) in [4.78, 5) is 28.0. The number of allylic oxidation sites excluding steroid dienone is 4. The number of pyridine rings is 1. The van der Waals surface area contributed by atoms with E-state index in [0.717, 1.165) is 11.1 Å². The van der Waals surface area contributed by atoms with Crippen molar-refractivity contribution in [3.05, 3.63) is 70.2 Å². The Balaban J connectivity index is 2.17. The summed E-state index contributed by atoms with van der Waals surface area (Å²) in [6, 6.07) is 7.30. The number of rotatable bonds is 0. The van der Waals surface area contributed by atoms with E-state index in [1.54, 1.807) is 6.07 Å². The first-order valence-corrected chi connectivity index (χ1v) is 6.68. The SMILES string of the molecule is CC12C=CC=CC1c1[nH]c(=O)c3ccccc3c1C2=O. The van der Waals surface area contributed by atoms with Gasteiger partial charge >= 0.3 is 0 Å². The van der Waals surface area contributed by atoms with Gasteiger partial charge in [0.25, 0.3) is 5.56 Å². The van der Waals surface area contributed by atoms with Gasteiger partial charge in [-0.05, 0) is 18.4 Å². The lowest BCUT2D eigenvalue weighted by molar-refractivity contribution is 0.0881. The predicted molar refractivity (Wildman–Crippen MR) is 78.0 cm³/mol. The van der Waals surface area contributed by atoms with E-state index >= 15 is 0 Å². The second-order valence-corrected chi connectivity index (χ2v) is 5.62. The number of aromatic amines is 1. The van der Waals surface area contributed by atoms with E-state index in [2.05, 4.69) is 4.98 Å². The molecule has 2 aliphatic rings. The van der Waals surface area contributed by atoms with Crippen molar-refractivity contribution < 1.29 is 4.79 Å². The number of fused-ring (bicyclic) bond motifs is 5. The van der Waals surface area contributed by atoms with Gasteiger partial charge < -0.3 is 4.98 Å². The average molecular weight is 263 g/mol. The minimum absolute atomic E-state index is 0.0766. The minimum atomic E-state index is -0.579. The summed E-state index contributed by atoms with van der Waals surface area (Å²) in [7, 11) is 0. The molecule has 3 nitrogen and oxygen atoms in total. The molecule has 4 rings (SSSR count). The van der Waals surface area contributed by atoms with Crippen molar-refractivity contribution in [2.45, 2.75) is 12.8 Å². The van der Waals surface area contributed by atoms with Crippen LogP contribution >= 0.6 is 0 Å². The lowest BCUT2D eigenvalue weighted by atomic mass is 9.75. The molecule has 98 valence electrons. The number of hydrogen-bond acceptors (Lipinski definition) is 2. The third kappa shape index (κ3) is 1.20. The monoisotopic (exact) mass is 263 g/mol. The number of benzene rings is 1. The van der Waals surface area contributed by atoms with Gasteiger partial charge in [-0.1, -0.05) is 42.5 Å². The van der Waals surface area contributed by atoms with Crippen LogP contribution in [0.2, 0.25) is 0 Å². The lowest BCUT2D eigenvalue weighted by Gasteiger charge is -2.26. The van der Waals surface area contributed by atoms with Crippen molar-refractivity contribution in [3.63, 3.8) is 0 Å². The molecule has 1 N–H and O–H groups in total. The Morgan fingerprint density at radius 2 is 1.85 bits per heavy atom. The minimum Gasteiger partial charge on any atom is -0.324 e. The zero-order chi connectivity index (χ0) is 13.9. The topological polar surface area (TPSA) is 49.9 Å². The maximum Gasteiger partial charge on any atom is 0.256 e. The number of aromatic nitrogens is 1. The molecule has 2 aliphatic carbocycles. The van der Waals surface area contributed by atoms with E-state index in [1.165, 1.54) is 0 Å². The van der Waals surface area contributed by atoms with Crippen molar-refractivity contribution in [1.29, 1.82) is 0 Å². The molecule has 0 saturated carbocycles. The molecule has 0 amide bonds. The smallest absolute Gasteiger partial charge is 0.256 e. The van der Waals surface area contributed by atoms with E-state index in [1.807, 2.05) is 49.4 Å². The van der Waals surface area contributed by atoms with Crippen LogP contribution in [0.5, 0.6) is 0 Å². The van der Waals surface area contributed by atoms with E-state index in [0.29, 0.717) is 10.9 Å². The van der Waals surface area contributed by atoms with Crippen LogP contribution in [-0.2, 0) is 0 Å². The van der Waals surface area contributed by atoms with Crippen LogP contribution in [-0.4, -0.2) is 10.8 Å². The van der Waals surface area contributed by atoms with Crippen LogP contribution in [0.25, 0.3) is 10.8 Å². The van der Waals surface area contributed by atoms with Gasteiger partial charge in [0, 0.05) is 22.6 Å². The molecule has 0 radical (unpaired) electrons. The highest BCUT2D eigenvalue weighted by Crippen LogP contribution is 2.50. The Labute approximate surface area is 115 Å². The highest BCUT2D eigenvalue weighted by atomic mass is 16.1. The van der Waals surface area contributed by atoms with Crippen LogP contribution < -0.4 is 5.56 Å². The molecule has 2 unspecified atom stereocenters. The molecular weight excluding hydrogens is 250 g/mol. The molecule has 0 bridgehead atoms. The average Bonchev–Trinajstić information content (AvgIpc) is 2.68. The molecule has 3 heteroatoms. The number of ketones is 1. The summed E-state index contributed by atoms with van der Waals surface area (Å²) in [5.41, 5.74) is 0.717. The Kier molecular flexibility index (Phi) is 2.04. The van der Waals surface area contributed by atoms with Crippen LogP contribution in [0.15, 0.2) is 53.4 Å². The number of carbonyl (C=O) groups excluding carboxylic acids is 1. The summed E-state index contributed by atoms with van der Waals surface area (Å²) in [6.07, 6.45) is 7.77. The van der Waals surface area contributed by atoms with Crippen molar-refractivity contribution in [3.8, 4) is 0 Å². The van der Waals surface area contributed by atoms with Crippen molar-refractivity contribution in [1.82, 2.24) is 4.98 Å². The van der Waals surface area contributed by atoms with E-state index in [9.17, 15) is 9.59 Å². The van der Waals surface area contributed by atoms with Crippen LogP contribution in [0.4, 0.5) is 0 Å². The van der Waals surface area contributed by atoms with Crippen LogP contribution in [0.1, 0.15) is 28.9 Å². The fourth-order valence-electron chi connectivity index (χ4n) is 3.39. The first kappa shape index (κ1) is 11.4. The number of carbonyl (C=O) groups is 1. The summed E-state index contributed by atoms with van der Waals surface area (Å²) < 4.78 is 0.